The van der Waals surface area contributed by atoms with Crippen molar-refractivity contribution in [3.63, 3.8) is 0 Å². The molecule has 7 N–H and O–H groups in total. The highest BCUT2D eigenvalue weighted by atomic mass is 32.3. The smallest absolute Gasteiger partial charge is 0.186 e. The van der Waals surface area contributed by atoms with Crippen molar-refractivity contribution in [2.45, 2.75) is 222 Å². The molecule has 3 saturated heterocycles. The van der Waals surface area contributed by atoms with Crippen molar-refractivity contribution >= 4 is 10.0 Å². The van der Waals surface area contributed by atoms with E-state index in [9.17, 15) is 30.6 Å². The number of aliphatic hydroxyl groups excluding tert-OH is 6. The number of nitrogens with one attached hydrogen (secondary N) is 1. The number of aliphatic hydroxyl groups is 6. The molecule has 3 aliphatic heterocycles. The van der Waals surface area contributed by atoms with Gasteiger partial charge >= 0.3 is 0 Å². The van der Waals surface area contributed by atoms with E-state index in [2.05, 4.69) is 18.5 Å². The van der Waals surface area contributed by atoms with Gasteiger partial charge in [0.2, 0.25) is 0 Å². The van der Waals surface area contributed by atoms with Crippen molar-refractivity contribution in [1.29, 1.82) is 0 Å². The summed E-state index contributed by atoms with van der Waals surface area (Å²) in [6.07, 6.45) is 24.0. The molecule has 0 bridgehead atoms. The van der Waals surface area contributed by atoms with Gasteiger partial charge < -0.3 is 44.8 Å². The lowest BCUT2D eigenvalue weighted by Crippen LogP contribution is -2.67. The van der Waals surface area contributed by atoms with Crippen LogP contribution in [0.15, 0.2) is 0 Å². The first kappa shape index (κ1) is 48.3. The zero-order valence-electron chi connectivity index (χ0n) is 34.6. The fraction of sp³-hybridized carbons (Fsp3) is 1.00. The van der Waals surface area contributed by atoms with E-state index < -0.39 is 55.6 Å². The van der Waals surface area contributed by atoms with Crippen LogP contribution in [-0.4, -0.2) is 135 Å². The van der Waals surface area contributed by atoms with Gasteiger partial charge in [-0.1, -0.05) is 135 Å². The molecule has 3 heterocycles. The molecule has 0 aliphatic carbocycles. The summed E-state index contributed by atoms with van der Waals surface area (Å²) < 4.78 is 17.2. The summed E-state index contributed by atoms with van der Waals surface area (Å²) in [5, 5.41) is 66.9. The predicted octanol–water partition coefficient (Wildman–Crippen LogP) is 6.47. The van der Waals surface area contributed by atoms with Crippen molar-refractivity contribution in [2.24, 2.45) is 0 Å². The van der Waals surface area contributed by atoms with Crippen molar-refractivity contribution in [3.8, 4) is 0 Å². The van der Waals surface area contributed by atoms with Gasteiger partial charge in [-0.15, -0.1) is 0 Å². The molecule has 3 rings (SSSR count). The van der Waals surface area contributed by atoms with Crippen LogP contribution in [0.4, 0.5) is 0 Å². The molecule has 0 spiro atoms. The van der Waals surface area contributed by atoms with E-state index in [1.807, 2.05) is 0 Å². The Kier molecular flexibility index (Phi) is 24.7. The van der Waals surface area contributed by atoms with E-state index in [-0.39, 0.29) is 22.2 Å². The number of unbranched alkanes of at least 4 members (excludes halogenated alkanes) is 18. The van der Waals surface area contributed by atoms with Gasteiger partial charge in [0.15, 0.2) is 6.29 Å². The van der Waals surface area contributed by atoms with E-state index in [1.165, 1.54) is 133 Å². The molecule has 0 amide bonds. The van der Waals surface area contributed by atoms with Crippen LogP contribution in [0.5, 0.6) is 0 Å². The number of hydrogen-bond donors (Lipinski definition) is 7. The summed E-state index contributed by atoms with van der Waals surface area (Å²) in [5.41, 5.74) is -0.350. The van der Waals surface area contributed by atoms with Gasteiger partial charge in [0.05, 0.1) is 50.2 Å². The fourth-order valence-electron chi connectivity index (χ4n) is 8.66. The van der Waals surface area contributed by atoms with E-state index in [1.54, 1.807) is 0 Å². The first-order valence-electron chi connectivity index (χ1n) is 22.5. The van der Waals surface area contributed by atoms with Crippen LogP contribution >= 0.6 is 10.0 Å². The van der Waals surface area contributed by atoms with E-state index in [0.29, 0.717) is 19.6 Å². The maximum atomic E-state index is 11.5. The number of rotatable bonds is 32. The second-order valence-electron chi connectivity index (χ2n) is 17.5. The summed E-state index contributed by atoms with van der Waals surface area (Å²) in [6.45, 7) is 2.61. The monoisotopic (exact) mass is 792 g/mol. The second-order valence-corrected chi connectivity index (χ2v) is 21.7. The summed E-state index contributed by atoms with van der Waals surface area (Å²) >= 11 is 0. The molecule has 10 nitrogen and oxygen atoms in total. The second kappa shape index (κ2) is 27.6. The quantitative estimate of drug-likeness (QED) is 0.0376. The predicted molar refractivity (Wildman–Crippen MR) is 221 cm³/mol. The molecule has 5 unspecified atom stereocenters. The molecule has 8 atom stereocenters. The maximum absolute atomic E-state index is 11.5. The minimum Gasteiger partial charge on any atom is -0.394 e. The van der Waals surface area contributed by atoms with Gasteiger partial charge in [0.25, 0.3) is 0 Å². The highest BCUT2D eigenvalue weighted by Gasteiger charge is 2.46. The lowest BCUT2D eigenvalue weighted by molar-refractivity contribution is -0.303. The van der Waals surface area contributed by atoms with Crippen LogP contribution in [0.1, 0.15) is 167 Å². The Balaban J connectivity index is 1.41. The largest absolute Gasteiger partial charge is 0.394 e. The molecule has 322 valence electrons. The van der Waals surface area contributed by atoms with Crippen molar-refractivity contribution < 1.29 is 44.8 Å². The average molecular weight is 792 g/mol. The van der Waals surface area contributed by atoms with Gasteiger partial charge in [0, 0.05) is 0 Å². The molecular weight excluding hydrogens is 707 g/mol. The molecule has 3 aliphatic rings. The molecular formula is C43H85NO9S. The van der Waals surface area contributed by atoms with Crippen LogP contribution < -0.4 is 5.32 Å². The Hall–Kier alpha value is -0.0500. The van der Waals surface area contributed by atoms with Crippen molar-refractivity contribution in [2.75, 3.05) is 49.9 Å². The summed E-state index contributed by atoms with van der Waals surface area (Å²) in [4.78, 5) is 0. The number of ether oxygens (including phenoxy) is 3. The summed E-state index contributed by atoms with van der Waals surface area (Å²) in [7, 11) is -0.307. The van der Waals surface area contributed by atoms with Crippen LogP contribution in [0.25, 0.3) is 0 Å². The first-order valence-corrected chi connectivity index (χ1v) is 25.0. The standard InChI is InChI=1S/C43H85NO9S/c1-3-4-5-6-7-8-9-10-11-14-17-21-26-36(46)38(47)35(32-52-42-41(50)40(49)39(48)37(31-45)53-42)44-43(33-51-34-43)27-22-18-15-12-13-16-19-23-28-54(2)29-24-20-25-30-54/h35-42,44-50H,3-34H2,1-2H3/t35-,36+,37?,38-,39?,40?,41?,42?/m0/s1. The molecule has 54 heavy (non-hydrogen) atoms. The number of hydrogen-bond acceptors (Lipinski definition) is 10. The highest BCUT2D eigenvalue weighted by molar-refractivity contribution is 8.33. The summed E-state index contributed by atoms with van der Waals surface area (Å²) in [5.74, 6) is 4.47. The third-order valence-corrected chi connectivity index (χ3v) is 16.3. The molecule has 0 aromatic carbocycles. The molecule has 0 aromatic heterocycles. The average Bonchev–Trinajstić information content (AvgIpc) is 3.15. The van der Waals surface area contributed by atoms with Crippen LogP contribution in [0.3, 0.4) is 0 Å². The van der Waals surface area contributed by atoms with Crippen molar-refractivity contribution in [3.05, 3.63) is 0 Å². The van der Waals surface area contributed by atoms with Crippen molar-refractivity contribution in [1.82, 2.24) is 5.32 Å². The van der Waals surface area contributed by atoms with Crippen LogP contribution in [0, 0.1) is 0 Å². The van der Waals surface area contributed by atoms with Crippen LogP contribution in [0.2, 0.25) is 0 Å². The normalized spacial score (nSPS) is 27.6. The zero-order chi connectivity index (χ0) is 39.1. The molecule has 3 fully saturated rings. The third-order valence-electron chi connectivity index (χ3n) is 12.5. The van der Waals surface area contributed by atoms with Crippen LogP contribution in [-0.2, 0) is 14.2 Å². The molecule has 0 aromatic rings. The van der Waals surface area contributed by atoms with Gasteiger partial charge in [-0.3, -0.25) is 5.32 Å². The lowest BCUT2D eigenvalue weighted by atomic mass is 9.87. The van der Waals surface area contributed by atoms with E-state index in [0.717, 1.165) is 38.5 Å². The molecule has 11 heteroatoms. The topological polar surface area (TPSA) is 161 Å². The zero-order valence-corrected chi connectivity index (χ0v) is 35.4. The Bertz CT molecular complexity index is 921. The third kappa shape index (κ3) is 17.8. The van der Waals surface area contributed by atoms with Gasteiger partial charge in [-0.2, -0.15) is 0 Å². The first-order chi connectivity index (χ1) is 26.1. The molecule has 0 saturated carbocycles. The lowest BCUT2D eigenvalue weighted by Gasteiger charge is -2.46. The Morgan fingerprint density at radius 1 is 0.704 bits per heavy atom. The van der Waals surface area contributed by atoms with Gasteiger partial charge in [-0.05, 0) is 55.6 Å². The Morgan fingerprint density at radius 3 is 1.78 bits per heavy atom. The SMILES string of the molecule is CCCCCCCCCCCCCC[C@@H](O)[C@@H](O)[C@H](COC1OC(CO)C(O)C(O)C1O)NC1(CCCCCCCCCCS2(C)CCCCC2)COC1. The maximum Gasteiger partial charge on any atom is 0.186 e. The summed E-state index contributed by atoms with van der Waals surface area (Å²) in [6, 6.07) is -0.689. The fourth-order valence-corrected chi connectivity index (χ4v) is 12.0. The van der Waals surface area contributed by atoms with E-state index >= 15 is 0 Å². The van der Waals surface area contributed by atoms with Gasteiger partial charge in [-0.25, -0.2) is 10.0 Å². The highest BCUT2D eigenvalue weighted by Crippen LogP contribution is 2.49. The van der Waals surface area contributed by atoms with Gasteiger partial charge in [0.1, 0.15) is 24.4 Å². The minimum absolute atomic E-state index is 0.109. The minimum atomic E-state index is -1.55. The Morgan fingerprint density at radius 2 is 1.24 bits per heavy atom. The molecule has 0 radical (unpaired) electrons. The Labute approximate surface area is 331 Å². The van der Waals surface area contributed by atoms with E-state index in [4.69, 9.17) is 14.2 Å².